The summed E-state index contributed by atoms with van der Waals surface area (Å²) in [6, 6.07) is 1.22. The van der Waals surface area contributed by atoms with Gasteiger partial charge in [-0.05, 0) is 64.8 Å². The van der Waals surface area contributed by atoms with Crippen molar-refractivity contribution in [2.45, 2.75) is 76.4 Å². The average Bonchev–Trinajstić information content (AvgIpc) is 3.12. The molecule has 0 bridgehead atoms. The summed E-state index contributed by atoms with van der Waals surface area (Å²) in [6.07, 6.45) is 9.11. The first-order chi connectivity index (χ1) is 10.1. The molecule has 4 nitrogen and oxygen atoms in total. The minimum absolute atomic E-state index is 0.0722. The summed E-state index contributed by atoms with van der Waals surface area (Å²) >= 11 is 0. The predicted molar refractivity (Wildman–Crippen MR) is 83.1 cm³/mol. The van der Waals surface area contributed by atoms with E-state index in [2.05, 4.69) is 10.2 Å². The van der Waals surface area contributed by atoms with Crippen LogP contribution < -0.4 is 5.32 Å². The van der Waals surface area contributed by atoms with Crippen LogP contribution in [0.3, 0.4) is 0 Å². The van der Waals surface area contributed by atoms with E-state index in [1.807, 2.05) is 13.8 Å². The molecule has 1 N–H and O–H groups in total. The topological polar surface area (TPSA) is 41.6 Å². The Morgan fingerprint density at radius 3 is 2.71 bits per heavy atom. The molecular weight excluding hydrogens is 264 g/mol. The van der Waals surface area contributed by atoms with Gasteiger partial charge in [0, 0.05) is 18.6 Å². The van der Waals surface area contributed by atoms with Gasteiger partial charge in [-0.3, -0.25) is 15.0 Å². The van der Waals surface area contributed by atoms with Gasteiger partial charge in [-0.25, -0.2) is 0 Å². The molecule has 3 atom stereocenters. The second kappa shape index (κ2) is 6.25. The van der Waals surface area contributed by atoms with Gasteiger partial charge in [0.1, 0.15) is 5.54 Å². The van der Waals surface area contributed by atoms with Crippen LogP contribution in [0.1, 0.15) is 58.8 Å². The number of hydrogen-bond acceptors (Lipinski definition) is 4. The molecule has 21 heavy (non-hydrogen) atoms. The Kier molecular flexibility index (Phi) is 4.55. The third kappa shape index (κ3) is 3.42. The Hall–Kier alpha value is -0.610. The van der Waals surface area contributed by atoms with Crippen molar-refractivity contribution in [3.63, 3.8) is 0 Å². The van der Waals surface area contributed by atoms with E-state index < -0.39 is 5.54 Å². The summed E-state index contributed by atoms with van der Waals surface area (Å²) in [5.74, 6) is 0.795. The molecule has 120 valence electrons. The van der Waals surface area contributed by atoms with Crippen molar-refractivity contribution < 1.29 is 9.53 Å². The number of fused-ring (bicyclic) bond motifs is 1. The van der Waals surface area contributed by atoms with Crippen LogP contribution in [0.25, 0.3) is 0 Å². The zero-order chi connectivity index (χ0) is 14.9. The van der Waals surface area contributed by atoms with E-state index >= 15 is 0 Å². The van der Waals surface area contributed by atoms with Gasteiger partial charge >= 0.3 is 5.97 Å². The normalized spacial score (nSPS) is 32.5. The minimum Gasteiger partial charge on any atom is -0.465 e. The van der Waals surface area contributed by atoms with E-state index in [-0.39, 0.29) is 5.97 Å². The number of ether oxygens (including phenoxy) is 1. The fourth-order valence-corrected chi connectivity index (χ4v) is 4.30. The van der Waals surface area contributed by atoms with Crippen molar-refractivity contribution in [1.29, 1.82) is 0 Å². The van der Waals surface area contributed by atoms with Crippen molar-refractivity contribution in [2.24, 2.45) is 5.92 Å². The largest absolute Gasteiger partial charge is 0.465 e. The van der Waals surface area contributed by atoms with Gasteiger partial charge < -0.3 is 4.74 Å². The highest BCUT2D eigenvalue weighted by Gasteiger charge is 2.44. The van der Waals surface area contributed by atoms with Crippen molar-refractivity contribution in [1.82, 2.24) is 10.2 Å². The van der Waals surface area contributed by atoms with E-state index in [1.54, 1.807) is 0 Å². The molecule has 1 heterocycles. The van der Waals surface area contributed by atoms with E-state index in [9.17, 15) is 4.79 Å². The molecule has 0 radical (unpaired) electrons. The monoisotopic (exact) mass is 294 g/mol. The molecule has 0 aromatic rings. The molecule has 3 aliphatic rings. The van der Waals surface area contributed by atoms with Crippen LogP contribution in [0.15, 0.2) is 0 Å². The Morgan fingerprint density at radius 1 is 1.24 bits per heavy atom. The molecular formula is C17H30N2O2. The Labute approximate surface area is 128 Å². The number of carbonyl (C=O) groups is 1. The minimum atomic E-state index is -0.540. The molecule has 4 heteroatoms. The molecule has 1 aliphatic heterocycles. The van der Waals surface area contributed by atoms with E-state index in [1.165, 1.54) is 44.9 Å². The van der Waals surface area contributed by atoms with Gasteiger partial charge in [0.05, 0.1) is 6.61 Å². The molecule has 3 rings (SSSR count). The lowest BCUT2D eigenvalue weighted by Crippen LogP contribution is -2.60. The maximum Gasteiger partial charge on any atom is 0.327 e. The molecule has 0 aromatic heterocycles. The molecule has 2 aliphatic carbocycles. The first-order valence-corrected chi connectivity index (χ1v) is 8.81. The van der Waals surface area contributed by atoms with Gasteiger partial charge in [-0.2, -0.15) is 0 Å². The lowest BCUT2D eigenvalue weighted by Gasteiger charge is -2.42. The molecule has 2 saturated carbocycles. The average molecular weight is 294 g/mol. The molecule has 0 amide bonds. The smallest absolute Gasteiger partial charge is 0.327 e. The number of carbonyl (C=O) groups excluding carboxylic acids is 1. The highest BCUT2D eigenvalue weighted by molar-refractivity contribution is 5.80. The summed E-state index contributed by atoms with van der Waals surface area (Å²) in [7, 11) is 0. The van der Waals surface area contributed by atoms with Crippen molar-refractivity contribution in [2.75, 3.05) is 19.7 Å². The number of nitrogens with one attached hydrogen (secondary N) is 1. The van der Waals surface area contributed by atoms with Crippen LogP contribution in [0.5, 0.6) is 0 Å². The van der Waals surface area contributed by atoms with Crippen molar-refractivity contribution >= 4 is 5.97 Å². The second-order valence-corrected chi connectivity index (χ2v) is 7.34. The van der Waals surface area contributed by atoms with E-state index in [4.69, 9.17) is 4.74 Å². The maximum atomic E-state index is 12.5. The number of likely N-dealkylation sites (tertiary alicyclic amines) is 1. The van der Waals surface area contributed by atoms with Crippen LogP contribution >= 0.6 is 0 Å². The second-order valence-electron chi connectivity index (χ2n) is 7.34. The third-order valence-electron chi connectivity index (χ3n) is 5.45. The molecule has 0 aromatic carbocycles. The summed E-state index contributed by atoms with van der Waals surface area (Å²) in [4.78, 5) is 15.1. The maximum absolute atomic E-state index is 12.5. The Morgan fingerprint density at radius 2 is 2.00 bits per heavy atom. The van der Waals surface area contributed by atoms with Crippen LogP contribution in [-0.4, -0.2) is 48.2 Å². The zero-order valence-electron chi connectivity index (χ0n) is 13.6. The lowest BCUT2D eigenvalue weighted by atomic mass is 9.90. The molecule has 3 fully saturated rings. The van der Waals surface area contributed by atoms with Gasteiger partial charge in [0.25, 0.3) is 0 Å². The number of nitrogens with zero attached hydrogens (tertiary/aromatic N) is 1. The number of esters is 1. The SMILES string of the molecule is CCOC(=O)C(C)(CN1CCCC2CCCC21)NC1CC1. The van der Waals surface area contributed by atoms with Crippen LogP contribution in [0, 0.1) is 5.92 Å². The molecule has 0 spiro atoms. The zero-order valence-corrected chi connectivity index (χ0v) is 13.6. The summed E-state index contributed by atoms with van der Waals surface area (Å²) in [6.45, 7) is 6.35. The number of piperidine rings is 1. The summed E-state index contributed by atoms with van der Waals surface area (Å²) < 4.78 is 5.36. The standard InChI is InChI=1S/C17H30N2O2/c1-3-21-16(20)17(2,18-14-9-10-14)12-19-11-5-7-13-6-4-8-15(13)19/h13-15,18H,3-12H2,1-2H3. The fourth-order valence-electron chi connectivity index (χ4n) is 4.30. The Bertz CT molecular complexity index is 383. The first kappa shape index (κ1) is 15.3. The van der Waals surface area contributed by atoms with Gasteiger partial charge in [0.2, 0.25) is 0 Å². The van der Waals surface area contributed by atoms with E-state index in [0.29, 0.717) is 18.7 Å². The number of rotatable bonds is 6. The Balaban J connectivity index is 1.68. The number of hydrogen-bond donors (Lipinski definition) is 1. The fraction of sp³-hybridized carbons (Fsp3) is 0.941. The lowest BCUT2D eigenvalue weighted by molar-refractivity contribution is -0.152. The van der Waals surface area contributed by atoms with Crippen LogP contribution in [0.4, 0.5) is 0 Å². The highest BCUT2D eigenvalue weighted by Crippen LogP contribution is 2.37. The van der Waals surface area contributed by atoms with Gasteiger partial charge in [-0.1, -0.05) is 6.42 Å². The first-order valence-electron chi connectivity index (χ1n) is 8.81. The van der Waals surface area contributed by atoms with Crippen molar-refractivity contribution in [3.05, 3.63) is 0 Å². The third-order valence-corrected chi connectivity index (χ3v) is 5.45. The molecule has 3 unspecified atom stereocenters. The van der Waals surface area contributed by atoms with Crippen LogP contribution in [0.2, 0.25) is 0 Å². The van der Waals surface area contributed by atoms with E-state index in [0.717, 1.165) is 19.0 Å². The quantitative estimate of drug-likeness (QED) is 0.763. The van der Waals surface area contributed by atoms with Gasteiger partial charge in [-0.15, -0.1) is 0 Å². The summed E-state index contributed by atoms with van der Waals surface area (Å²) in [5.41, 5.74) is -0.540. The highest BCUT2D eigenvalue weighted by atomic mass is 16.5. The van der Waals surface area contributed by atoms with Crippen LogP contribution in [-0.2, 0) is 9.53 Å². The predicted octanol–water partition coefficient (Wildman–Crippen LogP) is 2.32. The van der Waals surface area contributed by atoms with Gasteiger partial charge in [0.15, 0.2) is 0 Å². The summed E-state index contributed by atoms with van der Waals surface area (Å²) in [5, 5.41) is 3.56. The van der Waals surface area contributed by atoms with Crippen molar-refractivity contribution in [3.8, 4) is 0 Å². The molecule has 1 saturated heterocycles.